The molecule has 24 heavy (non-hydrogen) atoms. The van der Waals surface area contributed by atoms with Crippen LogP contribution in [0.5, 0.6) is 0 Å². The molecule has 1 saturated heterocycles. The zero-order valence-corrected chi connectivity index (χ0v) is 14.4. The molecule has 0 aromatic heterocycles. The molecule has 1 N–H and O–H groups in total. The lowest BCUT2D eigenvalue weighted by Gasteiger charge is -2.40. The molecule has 1 atom stereocenters. The number of hydrogen-bond donors (Lipinski definition) is 1. The van der Waals surface area contributed by atoms with Gasteiger partial charge in [-0.05, 0) is 56.5 Å². The molecule has 1 saturated carbocycles. The minimum absolute atomic E-state index is 0.0990. The van der Waals surface area contributed by atoms with Crippen LogP contribution in [0.25, 0.3) is 0 Å². The maximum atomic E-state index is 13.2. The smallest absolute Gasteiger partial charge is 0.228 e. The van der Waals surface area contributed by atoms with E-state index >= 15 is 0 Å². The summed E-state index contributed by atoms with van der Waals surface area (Å²) in [7, 11) is 1.65. The Morgan fingerprint density at radius 3 is 2.46 bits per heavy atom. The van der Waals surface area contributed by atoms with E-state index in [9.17, 15) is 9.18 Å². The van der Waals surface area contributed by atoms with Crippen LogP contribution in [0.1, 0.15) is 43.7 Å². The van der Waals surface area contributed by atoms with E-state index in [4.69, 9.17) is 4.74 Å². The highest BCUT2D eigenvalue weighted by molar-refractivity contribution is 5.83. The third-order valence-electron chi connectivity index (χ3n) is 5.51. The predicted octanol–water partition coefficient (Wildman–Crippen LogP) is 2.90. The lowest BCUT2D eigenvalue weighted by Crippen LogP contribution is -2.50. The Balaban J connectivity index is 1.67. The van der Waals surface area contributed by atoms with Crippen molar-refractivity contribution in [3.05, 3.63) is 35.6 Å². The predicted molar refractivity (Wildman–Crippen MR) is 91.1 cm³/mol. The first kappa shape index (κ1) is 17.4. The second-order valence-electron chi connectivity index (χ2n) is 7.09. The zero-order chi connectivity index (χ0) is 17.0. The van der Waals surface area contributed by atoms with Crippen molar-refractivity contribution in [3.8, 4) is 0 Å². The van der Waals surface area contributed by atoms with Gasteiger partial charge in [0, 0.05) is 13.7 Å². The van der Waals surface area contributed by atoms with Crippen LogP contribution in [-0.4, -0.2) is 44.2 Å². The van der Waals surface area contributed by atoms with Crippen LogP contribution in [0, 0.1) is 11.2 Å². The molecule has 0 unspecified atom stereocenters. The van der Waals surface area contributed by atoms with Crippen molar-refractivity contribution < 1.29 is 13.9 Å². The molecule has 0 spiro atoms. The summed E-state index contributed by atoms with van der Waals surface area (Å²) in [5.74, 6) is -0.126. The highest BCUT2D eigenvalue weighted by Crippen LogP contribution is 2.41. The highest BCUT2D eigenvalue weighted by atomic mass is 19.1. The summed E-state index contributed by atoms with van der Waals surface area (Å²) < 4.78 is 18.5. The van der Waals surface area contributed by atoms with E-state index < -0.39 is 0 Å². The summed E-state index contributed by atoms with van der Waals surface area (Å²) in [4.78, 5) is 15.1. The SMILES string of the molecule is COCC1(C(=O)NC[C@@H](c2ccc(F)cc2)N2CCCC2)CCC1. The largest absolute Gasteiger partial charge is 0.384 e. The quantitative estimate of drug-likeness (QED) is 0.834. The number of amides is 1. The monoisotopic (exact) mass is 334 g/mol. The van der Waals surface area contributed by atoms with Crippen LogP contribution in [0.15, 0.2) is 24.3 Å². The Kier molecular flexibility index (Phi) is 5.51. The summed E-state index contributed by atoms with van der Waals surface area (Å²) in [6.45, 7) is 3.11. The molecule has 0 bridgehead atoms. The molecule has 0 radical (unpaired) electrons. The fraction of sp³-hybridized carbons (Fsp3) is 0.632. The van der Waals surface area contributed by atoms with Crippen molar-refractivity contribution in [2.45, 2.75) is 38.1 Å². The molecule has 1 aliphatic carbocycles. The number of ether oxygens (including phenoxy) is 1. The number of halogens is 1. The third-order valence-corrected chi connectivity index (χ3v) is 5.51. The summed E-state index contributed by atoms with van der Waals surface area (Å²) in [6, 6.07) is 6.77. The molecule has 1 aliphatic heterocycles. The van der Waals surface area contributed by atoms with Gasteiger partial charge in [0.1, 0.15) is 5.82 Å². The fourth-order valence-electron chi connectivity index (χ4n) is 3.89. The second kappa shape index (κ2) is 7.62. The third kappa shape index (κ3) is 3.62. The Bertz CT molecular complexity index is 551. The van der Waals surface area contributed by atoms with Gasteiger partial charge in [0.25, 0.3) is 0 Å². The second-order valence-corrected chi connectivity index (χ2v) is 7.09. The molecule has 1 aromatic carbocycles. The van der Waals surface area contributed by atoms with Gasteiger partial charge in [0.2, 0.25) is 5.91 Å². The number of likely N-dealkylation sites (tertiary alicyclic amines) is 1. The molecular formula is C19H27FN2O2. The average Bonchev–Trinajstić information content (AvgIpc) is 3.06. The van der Waals surface area contributed by atoms with Crippen LogP contribution >= 0.6 is 0 Å². The Labute approximate surface area is 143 Å². The summed E-state index contributed by atoms with van der Waals surface area (Å²) in [5.41, 5.74) is 0.723. The Hall–Kier alpha value is -1.46. The van der Waals surface area contributed by atoms with Crippen molar-refractivity contribution in [2.75, 3.05) is 33.4 Å². The van der Waals surface area contributed by atoms with Gasteiger partial charge < -0.3 is 10.1 Å². The molecule has 132 valence electrons. The van der Waals surface area contributed by atoms with Crippen LogP contribution in [0.4, 0.5) is 4.39 Å². The Morgan fingerprint density at radius 1 is 1.25 bits per heavy atom. The lowest BCUT2D eigenvalue weighted by molar-refractivity contribution is -0.140. The zero-order valence-electron chi connectivity index (χ0n) is 14.4. The first-order chi connectivity index (χ1) is 11.6. The number of carbonyl (C=O) groups is 1. The van der Waals surface area contributed by atoms with Gasteiger partial charge in [-0.3, -0.25) is 9.69 Å². The van der Waals surface area contributed by atoms with Gasteiger partial charge in [0.05, 0.1) is 18.1 Å². The standard InChI is InChI=1S/C19H27FN2O2/c1-24-14-19(9-4-10-19)18(23)21-13-17(22-11-2-3-12-22)15-5-7-16(20)8-6-15/h5-8,17H,2-4,9-14H2,1H3,(H,21,23)/t17-/m0/s1. The molecule has 4 nitrogen and oxygen atoms in total. The number of methoxy groups -OCH3 is 1. The van der Waals surface area contributed by atoms with Gasteiger partial charge in [0.15, 0.2) is 0 Å². The van der Waals surface area contributed by atoms with E-state index in [-0.39, 0.29) is 23.2 Å². The molecule has 1 heterocycles. The molecule has 3 rings (SSSR count). The van der Waals surface area contributed by atoms with Gasteiger partial charge in [-0.1, -0.05) is 18.6 Å². The fourth-order valence-corrected chi connectivity index (χ4v) is 3.89. The van der Waals surface area contributed by atoms with Crippen molar-refractivity contribution in [3.63, 3.8) is 0 Å². The molecule has 2 fully saturated rings. The van der Waals surface area contributed by atoms with Crippen molar-refractivity contribution in [1.29, 1.82) is 0 Å². The molecule has 1 amide bonds. The molecule has 5 heteroatoms. The van der Waals surface area contributed by atoms with E-state index in [0.717, 1.165) is 37.9 Å². The molecule has 1 aromatic rings. The maximum Gasteiger partial charge on any atom is 0.228 e. The molecular weight excluding hydrogens is 307 g/mol. The lowest BCUT2D eigenvalue weighted by atomic mass is 9.68. The molecule has 2 aliphatic rings. The topological polar surface area (TPSA) is 41.6 Å². The number of nitrogens with zero attached hydrogens (tertiary/aromatic N) is 1. The summed E-state index contributed by atoms with van der Waals surface area (Å²) >= 11 is 0. The number of benzene rings is 1. The van der Waals surface area contributed by atoms with Crippen LogP contribution in [-0.2, 0) is 9.53 Å². The Morgan fingerprint density at radius 2 is 1.92 bits per heavy atom. The number of carbonyl (C=O) groups excluding carboxylic acids is 1. The number of rotatable bonds is 7. The minimum atomic E-state index is -0.340. The van der Waals surface area contributed by atoms with Gasteiger partial charge >= 0.3 is 0 Å². The maximum absolute atomic E-state index is 13.2. The van der Waals surface area contributed by atoms with Gasteiger partial charge in [-0.25, -0.2) is 4.39 Å². The van der Waals surface area contributed by atoms with Gasteiger partial charge in [-0.2, -0.15) is 0 Å². The normalized spacial score (nSPS) is 21.2. The summed E-state index contributed by atoms with van der Waals surface area (Å²) in [5, 5.41) is 3.15. The minimum Gasteiger partial charge on any atom is -0.384 e. The van der Waals surface area contributed by atoms with Crippen molar-refractivity contribution >= 4 is 5.91 Å². The van der Waals surface area contributed by atoms with E-state index in [1.54, 1.807) is 7.11 Å². The van der Waals surface area contributed by atoms with Gasteiger partial charge in [-0.15, -0.1) is 0 Å². The van der Waals surface area contributed by atoms with Crippen molar-refractivity contribution in [2.24, 2.45) is 5.41 Å². The highest BCUT2D eigenvalue weighted by Gasteiger charge is 2.44. The van der Waals surface area contributed by atoms with Crippen molar-refractivity contribution in [1.82, 2.24) is 10.2 Å². The van der Waals surface area contributed by atoms with E-state index in [0.29, 0.717) is 13.2 Å². The van der Waals surface area contributed by atoms with Crippen LogP contribution in [0.3, 0.4) is 0 Å². The number of nitrogens with one attached hydrogen (secondary N) is 1. The van der Waals surface area contributed by atoms with Crippen LogP contribution in [0.2, 0.25) is 0 Å². The first-order valence-corrected chi connectivity index (χ1v) is 8.91. The first-order valence-electron chi connectivity index (χ1n) is 8.91. The van der Waals surface area contributed by atoms with E-state index in [2.05, 4.69) is 10.2 Å². The van der Waals surface area contributed by atoms with E-state index in [1.165, 1.54) is 25.0 Å². The average molecular weight is 334 g/mol. The summed E-state index contributed by atoms with van der Waals surface area (Å²) in [6.07, 6.45) is 5.25. The van der Waals surface area contributed by atoms with E-state index in [1.807, 2.05) is 12.1 Å². The number of hydrogen-bond acceptors (Lipinski definition) is 3. The van der Waals surface area contributed by atoms with Crippen LogP contribution < -0.4 is 5.32 Å².